The SMILES string of the molecule is CCCc1ccnc(C(N)=O)c1N. The van der Waals surface area contributed by atoms with Crippen molar-refractivity contribution in [1.82, 2.24) is 4.98 Å². The van der Waals surface area contributed by atoms with Gasteiger partial charge in [0, 0.05) is 6.20 Å². The molecule has 13 heavy (non-hydrogen) atoms. The molecule has 1 aromatic rings. The average Bonchev–Trinajstić information content (AvgIpc) is 2.08. The first-order valence-electron chi connectivity index (χ1n) is 4.20. The van der Waals surface area contributed by atoms with E-state index < -0.39 is 5.91 Å². The maximum Gasteiger partial charge on any atom is 0.269 e. The molecule has 0 aromatic carbocycles. The number of amides is 1. The highest BCUT2D eigenvalue weighted by atomic mass is 16.1. The zero-order valence-corrected chi connectivity index (χ0v) is 7.58. The van der Waals surface area contributed by atoms with Crippen LogP contribution in [-0.2, 0) is 6.42 Å². The minimum Gasteiger partial charge on any atom is -0.397 e. The van der Waals surface area contributed by atoms with Crippen LogP contribution in [0.3, 0.4) is 0 Å². The molecule has 0 aliphatic rings. The third kappa shape index (κ3) is 1.96. The van der Waals surface area contributed by atoms with E-state index in [-0.39, 0.29) is 5.69 Å². The second kappa shape index (κ2) is 3.89. The molecule has 4 nitrogen and oxygen atoms in total. The topological polar surface area (TPSA) is 82.0 Å². The summed E-state index contributed by atoms with van der Waals surface area (Å²) in [6.45, 7) is 2.05. The zero-order chi connectivity index (χ0) is 9.84. The van der Waals surface area contributed by atoms with Crippen LogP contribution in [-0.4, -0.2) is 10.9 Å². The lowest BCUT2D eigenvalue weighted by Gasteiger charge is -2.05. The van der Waals surface area contributed by atoms with E-state index in [0.717, 1.165) is 18.4 Å². The predicted octanol–water partition coefficient (Wildman–Crippen LogP) is 0.715. The normalized spacial score (nSPS) is 9.92. The summed E-state index contributed by atoms with van der Waals surface area (Å²) in [5, 5.41) is 0. The molecule has 0 saturated heterocycles. The van der Waals surface area contributed by atoms with Crippen LogP contribution in [0.2, 0.25) is 0 Å². The lowest BCUT2D eigenvalue weighted by Crippen LogP contribution is -2.16. The number of hydrogen-bond acceptors (Lipinski definition) is 3. The van der Waals surface area contributed by atoms with Crippen LogP contribution >= 0.6 is 0 Å². The molecule has 0 aliphatic carbocycles. The van der Waals surface area contributed by atoms with Gasteiger partial charge in [-0.1, -0.05) is 13.3 Å². The first kappa shape index (κ1) is 9.51. The second-order valence-corrected chi connectivity index (χ2v) is 2.85. The van der Waals surface area contributed by atoms with Crippen molar-refractivity contribution < 1.29 is 4.79 Å². The average molecular weight is 179 g/mol. The molecule has 0 fully saturated rings. The van der Waals surface area contributed by atoms with Gasteiger partial charge in [0.15, 0.2) is 5.69 Å². The Balaban J connectivity index is 3.10. The summed E-state index contributed by atoms with van der Waals surface area (Å²) < 4.78 is 0. The lowest BCUT2D eigenvalue weighted by molar-refractivity contribution is 0.0996. The van der Waals surface area contributed by atoms with Gasteiger partial charge in [0.1, 0.15) is 0 Å². The van der Waals surface area contributed by atoms with Crippen molar-refractivity contribution in [3.05, 3.63) is 23.5 Å². The Kier molecular flexibility index (Phi) is 2.84. The maximum absolute atomic E-state index is 10.9. The zero-order valence-electron chi connectivity index (χ0n) is 7.58. The van der Waals surface area contributed by atoms with E-state index in [1.807, 2.05) is 13.0 Å². The number of rotatable bonds is 3. The number of nitrogens with two attached hydrogens (primary N) is 2. The van der Waals surface area contributed by atoms with Crippen LogP contribution in [0, 0.1) is 0 Å². The van der Waals surface area contributed by atoms with Crippen LogP contribution < -0.4 is 11.5 Å². The highest BCUT2D eigenvalue weighted by Gasteiger charge is 2.09. The molecule has 1 heterocycles. The minimum absolute atomic E-state index is 0.172. The highest BCUT2D eigenvalue weighted by molar-refractivity contribution is 5.96. The number of carbonyl (C=O) groups is 1. The van der Waals surface area contributed by atoms with Gasteiger partial charge in [0.25, 0.3) is 5.91 Å². The molecular formula is C9H13N3O. The van der Waals surface area contributed by atoms with E-state index in [4.69, 9.17) is 11.5 Å². The lowest BCUT2D eigenvalue weighted by atomic mass is 10.1. The van der Waals surface area contributed by atoms with E-state index >= 15 is 0 Å². The van der Waals surface area contributed by atoms with E-state index in [2.05, 4.69) is 4.98 Å². The van der Waals surface area contributed by atoms with E-state index in [1.165, 1.54) is 0 Å². The Bertz CT molecular complexity index is 323. The Labute approximate surface area is 77.0 Å². The number of anilines is 1. The van der Waals surface area contributed by atoms with Crippen molar-refractivity contribution in [2.75, 3.05) is 5.73 Å². The molecule has 0 radical (unpaired) electrons. The summed E-state index contributed by atoms with van der Waals surface area (Å²) in [7, 11) is 0. The largest absolute Gasteiger partial charge is 0.397 e. The molecule has 1 amide bonds. The van der Waals surface area contributed by atoms with Crippen molar-refractivity contribution in [3.63, 3.8) is 0 Å². The van der Waals surface area contributed by atoms with Crippen molar-refractivity contribution in [2.24, 2.45) is 5.73 Å². The third-order valence-corrected chi connectivity index (χ3v) is 1.83. The molecule has 0 saturated carbocycles. The highest BCUT2D eigenvalue weighted by Crippen LogP contribution is 2.15. The van der Waals surface area contributed by atoms with Gasteiger partial charge in [-0.2, -0.15) is 0 Å². The number of aromatic nitrogens is 1. The number of hydrogen-bond donors (Lipinski definition) is 2. The van der Waals surface area contributed by atoms with Gasteiger partial charge in [-0.25, -0.2) is 4.98 Å². The number of primary amides is 1. The summed E-state index contributed by atoms with van der Waals surface area (Å²) >= 11 is 0. The van der Waals surface area contributed by atoms with Crippen LogP contribution in [0.15, 0.2) is 12.3 Å². The molecule has 1 rings (SSSR count). The molecule has 1 aromatic heterocycles. The fourth-order valence-corrected chi connectivity index (χ4v) is 1.20. The molecule has 4 heteroatoms. The Hall–Kier alpha value is -1.58. The van der Waals surface area contributed by atoms with Crippen LogP contribution in [0.5, 0.6) is 0 Å². The van der Waals surface area contributed by atoms with E-state index in [0.29, 0.717) is 5.69 Å². The standard InChI is InChI=1S/C9H13N3O/c1-2-3-6-4-5-12-8(7(6)10)9(11)13/h4-5H,2-3,10H2,1H3,(H2,11,13). The Morgan fingerprint density at radius 3 is 2.85 bits per heavy atom. The van der Waals surface area contributed by atoms with Crippen molar-refractivity contribution in [3.8, 4) is 0 Å². The van der Waals surface area contributed by atoms with Gasteiger partial charge in [0.2, 0.25) is 0 Å². The smallest absolute Gasteiger partial charge is 0.269 e. The molecule has 0 bridgehead atoms. The van der Waals surface area contributed by atoms with Crippen LogP contribution in [0.25, 0.3) is 0 Å². The Morgan fingerprint density at radius 1 is 1.62 bits per heavy atom. The first-order valence-corrected chi connectivity index (χ1v) is 4.20. The third-order valence-electron chi connectivity index (χ3n) is 1.83. The van der Waals surface area contributed by atoms with Crippen LogP contribution in [0.4, 0.5) is 5.69 Å². The summed E-state index contributed by atoms with van der Waals surface area (Å²) in [6, 6.07) is 1.81. The molecule has 4 N–H and O–H groups in total. The van der Waals surface area contributed by atoms with E-state index in [1.54, 1.807) is 6.20 Å². The van der Waals surface area contributed by atoms with Crippen molar-refractivity contribution in [2.45, 2.75) is 19.8 Å². The summed E-state index contributed by atoms with van der Waals surface area (Å²) in [5.41, 5.74) is 12.3. The maximum atomic E-state index is 10.9. The number of nitrogens with zero attached hydrogens (tertiary/aromatic N) is 1. The van der Waals surface area contributed by atoms with Gasteiger partial charge in [-0.05, 0) is 18.1 Å². The summed E-state index contributed by atoms with van der Waals surface area (Å²) in [4.78, 5) is 14.7. The molecular weight excluding hydrogens is 166 g/mol. The molecule has 70 valence electrons. The van der Waals surface area contributed by atoms with Gasteiger partial charge >= 0.3 is 0 Å². The number of aryl methyl sites for hydroxylation is 1. The van der Waals surface area contributed by atoms with Gasteiger partial charge in [0.05, 0.1) is 5.69 Å². The van der Waals surface area contributed by atoms with Gasteiger partial charge in [-0.15, -0.1) is 0 Å². The fraction of sp³-hybridized carbons (Fsp3) is 0.333. The number of carbonyl (C=O) groups excluding carboxylic acids is 1. The molecule has 0 aliphatic heterocycles. The first-order chi connectivity index (χ1) is 6.16. The minimum atomic E-state index is -0.574. The monoisotopic (exact) mass is 179 g/mol. The molecule has 0 atom stereocenters. The summed E-state index contributed by atoms with van der Waals surface area (Å²) in [6.07, 6.45) is 3.38. The number of pyridine rings is 1. The van der Waals surface area contributed by atoms with Crippen LogP contribution in [0.1, 0.15) is 29.4 Å². The second-order valence-electron chi connectivity index (χ2n) is 2.85. The summed E-state index contributed by atoms with van der Waals surface area (Å²) in [5.74, 6) is -0.574. The van der Waals surface area contributed by atoms with Crippen molar-refractivity contribution in [1.29, 1.82) is 0 Å². The van der Waals surface area contributed by atoms with Gasteiger partial charge < -0.3 is 11.5 Å². The van der Waals surface area contributed by atoms with Crippen molar-refractivity contribution >= 4 is 11.6 Å². The molecule has 0 unspecified atom stereocenters. The van der Waals surface area contributed by atoms with E-state index in [9.17, 15) is 4.79 Å². The fourth-order valence-electron chi connectivity index (χ4n) is 1.20. The Morgan fingerprint density at radius 2 is 2.31 bits per heavy atom. The quantitative estimate of drug-likeness (QED) is 0.717. The molecule has 0 spiro atoms. The number of nitrogen functional groups attached to an aromatic ring is 1. The van der Waals surface area contributed by atoms with Gasteiger partial charge in [-0.3, -0.25) is 4.79 Å². The predicted molar refractivity (Wildman–Crippen MR) is 51.2 cm³/mol.